The summed E-state index contributed by atoms with van der Waals surface area (Å²) in [5, 5.41) is 6.69. The third-order valence-electron chi connectivity index (χ3n) is 4.41. The number of rotatable bonds is 6. The van der Waals surface area contributed by atoms with Gasteiger partial charge in [-0.3, -0.25) is 14.4 Å². The van der Waals surface area contributed by atoms with E-state index < -0.39 is 55.8 Å². The van der Waals surface area contributed by atoms with Crippen molar-refractivity contribution < 1.29 is 23.2 Å². The second-order valence-electron chi connectivity index (χ2n) is 6.73. The highest BCUT2D eigenvalue weighted by Gasteiger charge is 2.56. The smallest absolute Gasteiger partial charge is 0.257 e. The van der Waals surface area contributed by atoms with Gasteiger partial charge in [-0.1, -0.05) is 34.8 Å². The summed E-state index contributed by atoms with van der Waals surface area (Å²) in [5.41, 5.74) is -1.19. The number of benzene rings is 2. The second kappa shape index (κ2) is 9.57. The van der Waals surface area contributed by atoms with Gasteiger partial charge < -0.3 is 16.0 Å². The third kappa shape index (κ3) is 5.55. The molecule has 0 radical (unpaired) electrons. The zero-order valence-electron chi connectivity index (χ0n) is 15.6. The van der Waals surface area contributed by atoms with Gasteiger partial charge in [-0.25, -0.2) is 8.78 Å². The first kappa shape index (κ1) is 24.8. The van der Waals surface area contributed by atoms with Crippen molar-refractivity contribution in [2.45, 2.75) is 15.6 Å². The molecule has 1 aliphatic carbocycles. The maximum atomic E-state index is 14.7. The van der Waals surface area contributed by atoms with E-state index in [-0.39, 0.29) is 16.3 Å². The van der Waals surface area contributed by atoms with Crippen molar-refractivity contribution in [3.63, 3.8) is 0 Å². The molecular formula is C19H12Cl5F2N3O3. The van der Waals surface area contributed by atoms with Crippen molar-refractivity contribution in [1.82, 2.24) is 0 Å². The third-order valence-corrected chi connectivity index (χ3v) is 5.97. The van der Waals surface area contributed by atoms with Crippen LogP contribution in [-0.2, 0) is 9.59 Å². The van der Waals surface area contributed by atoms with E-state index in [0.29, 0.717) is 6.42 Å². The molecule has 1 unspecified atom stereocenters. The van der Waals surface area contributed by atoms with E-state index in [1.165, 1.54) is 18.2 Å². The summed E-state index contributed by atoms with van der Waals surface area (Å²) in [5.74, 6) is -5.34. The highest BCUT2D eigenvalue weighted by molar-refractivity contribution is 6.54. The number of nitrogens with one attached hydrogen (secondary N) is 3. The van der Waals surface area contributed by atoms with E-state index in [1.54, 1.807) is 0 Å². The minimum atomic E-state index is -1.57. The van der Waals surface area contributed by atoms with Gasteiger partial charge in [0, 0.05) is 5.69 Å². The minimum Gasteiger partial charge on any atom is -0.326 e. The maximum absolute atomic E-state index is 14.7. The largest absolute Gasteiger partial charge is 0.326 e. The molecule has 1 saturated carbocycles. The van der Waals surface area contributed by atoms with Crippen LogP contribution in [0.2, 0.25) is 5.02 Å². The molecule has 13 heteroatoms. The molecule has 2 aromatic rings. The van der Waals surface area contributed by atoms with Crippen LogP contribution < -0.4 is 16.0 Å². The van der Waals surface area contributed by atoms with E-state index in [1.807, 2.05) is 5.32 Å². The van der Waals surface area contributed by atoms with Gasteiger partial charge in [0.15, 0.2) is 10.7 Å². The van der Waals surface area contributed by atoms with Gasteiger partial charge in [0.2, 0.25) is 5.91 Å². The molecule has 0 saturated heterocycles. The first-order chi connectivity index (χ1) is 14.9. The van der Waals surface area contributed by atoms with Gasteiger partial charge in [-0.2, -0.15) is 0 Å². The number of carbonyl (C=O) groups excluding carboxylic acids is 3. The lowest BCUT2D eigenvalue weighted by atomic mass is 10.1. The van der Waals surface area contributed by atoms with E-state index in [0.717, 1.165) is 12.1 Å². The summed E-state index contributed by atoms with van der Waals surface area (Å²) in [6.07, 6.45) is 0.291. The fraction of sp³-hybridized carbons (Fsp3) is 0.211. The van der Waals surface area contributed by atoms with Crippen molar-refractivity contribution >= 4 is 92.8 Å². The maximum Gasteiger partial charge on any atom is 0.257 e. The molecule has 0 aromatic heterocycles. The summed E-state index contributed by atoms with van der Waals surface area (Å²) in [7, 11) is 0. The zero-order chi connectivity index (χ0) is 23.8. The lowest BCUT2D eigenvalue weighted by Gasteiger charge is -2.13. The molecule has 2 aromatic carbocycles. The van der Waals surface area contributed by atoms with Gasteiger partial charge in [-0.05, 0) is 36.8 Å². The Balaban J connectivity index is 1.80. The Labute approximate surface area is 205 Å². The lowest BCUT2D eigenvalue weighted by Crippen LogP contribution is -2.21. The summed E-state index contributed by atoms with van der Waals surface area (Å²) >= 11 is 28.5. The zero-order valence-corrected chi connectivity index (χ0v) is 19.4. The van der Waals surface area contributed by atoms with Gasteiger partial charge in [0.05, 0.1) is 22.2 Å². The first-order valence-electron chi connectivity index (χ1n) is 8.77. The Kier molecular flexibility index (Phi) is 7.41. The molecule has 6 nitrogen and oxygen atoms in total. The molecule has 0 heterocycles. The van der Waals surface area contributed by atoms with Crippen LogP contribution in [0.15, 0.2) is 30.3 Å². The standard InChI is InChI=1S/C19H12Cl5F2N3O3/c20-10-2-1-7(27-17(31)9-6-19(9,23)24)5-8(10)16(30)28-12-4-3-11(25)14(13(12)26)29-18(32)15(21)22/h1-5,9,15H,6H2,(H,27,31)(H,28,30)(H,29,32). The molecule has 170 valence electrons. The monoisotopic (exact) mass is 543 g/mol. The summed E-state index contributed by atoms with van der Waals surface area (Å²) in [6.45, 7) is 0. The fourth-order valence-corrected chi connectivity index (χ4v) is 3.45. The van der Waals surface area contributed by atoms with Crippen molar-refractivity contribution in [3.8, 4) is 0 Å². The van der Waals surface area contributed by atoms with Crippen LogP contribution in [0.1, 0.15) is 16.8 Å². The van der Waals surface area contributed by atoms with Crippen LogP contribution in [0.5, 0.6) is 0 Å². The van der Waals surface area contributed by atoms with Gasteiger partial charge in [0.25, 0.3) is 11.8 Å². The van der Waals surface area contributed by atoms with Crippen LogP contribution >= 0.6 is 58.0 Å². The number of hydrogen-bond donors (Lipinski definition) is 3. The topological polar surface area (TPSA) is 87.3 Å². The molecule has 3 rings (SSSR count). The summed E-state index contributed by atoms with van der Waals surface area (Å²) in [4.78, 5) is 34.8. The highest BCUT2D eigenvalue weighted by atomic mass is 35.5. The Morgan fingerprint density at radius 2 is 1.69 bits per heavy atom. The van der Waals surface area contributed by atoms with Crippen LogP contribution in [0.3, 0.4) is 0 Å². The molecule has 1 atom stereocenters. The SMILES string of the molecule is O=C(Nc1ccc(F)c(NC(=O)C(Cl)Cl)c1F)c1cc(NC(=O)C2CC2(Cl)Cl)ccc1Cl. The van der Waals surface area contributed by atoms with Crippen LogP contribution in [0.4, 0.5) is 25.8 Å². The van der Waals surface area contributed by atoms with Gasteiger partial charge >= 0.3 is 0 Å². The lowest BCUT2D eigenvalue weighted by molar-refractivity contribution is -0.117. The molecule has 3 amide bonds. The van der Waals surface area contributed by atoms with Crippen molar-refractivity contribution in [3.05, 3.63) is 52.6 Å². The second-order valence-corrected chi connectivity index (χ2v) is 9.78. The highest BCUT2D eigenvalue weighted by Crippen LogP contribution is 2.53. The Bertz CT molecular complexity index is 1110. The first-order valence-corrected chi connectivity index (χ1v) is 10.8. The summed E-state index contributed by atoms with van der Waals surface area (Å²) < 4.78 is 27.5. The van der Waals surface area contributed by atoms with E-state index >= 15 is 0 Å². The van der Waals surface area contributed by atoms with E-state index in [2.05, 4.69) is 10.6 Å². The average Bonchev–Trinajstić information content (AvgIpc) is 3.36. The van der Waals surface area contributed by atoms with Crippen molar-refractivity contribution in [2.24, 2.45) is 5.92 Å². The number of halogens is 7. The number of anilines is 3. The van der Waals surface area contributed by atoms with Gasteiger partial charge in [-0.15, -0.1) is 23.2 Å². The Morgan fingerprint density at radius 1 is 1.03 bits per heavy atom. The van der Waals surface area contributed by atoms with E-state index in [9.17, 15) is 23.2 Å². The van der Waals surface area contributed by atoms with Gasteiger partial charge in [0.1, 0.15) is 15.8 Å². The molecular weight excluding hydrogens is 533 g/mol. The van der Waals surface area contributed by atoms with Crippen LogP contribution in [0.25, 0.3) is 0 Å². The van der Waals surface area contributed by atoms with Crippen molar-refractivity contribution in [1.29, 1.82) is 0 Å². The number of carbonyl (C=O) groups is 3. The predicted molar refractivity (Wildman–Crippen MR) is 121 cm³/mol. The molecule has 1 fully saturated rings. The predicted octanol–water partition coefficient (Wildman–Crippen LogP) is 5.75. The number of hydrogen-bond acceptors (Lipinski definition) is 3. The van der Waals surface area contributed by atoms with Crippen molar-refractivity contribution in [2.75, 3.05) is 16.0 Å². The Hall–Kier alpha value is -1.84. The fourth-order valence-electron chi connectivity index (χ4n) is 2.64. The van der Waals surface area contributed by atoms with E-state index in [4.69, 9.17) is 58.0 Å². The number of amides is 3. The molecule has 3 N–H and O–H groups in total. The van der Waals surface area contributed by atoms with Crippen LogP contribution in [-0.4, -0.2) is 26.9 Å². The molecule has 0 aliphatic heterocycles. The molecule has 32 heavy (non-hydrogen) atoms. The average molecular weight is 546 g/mol. The Morgan fingerprint density at radius 3 is 2.28 bits per heavy atom. The quantitative estimate of drug-likeness (QED) is 0.405. The number of alkyl halides is 4. The summed E-state index contributed by atoms with van der Waals surface area (Å²) in [6, 6.07) is 5.83. The van der Waals surface area contributed by atoms with Crippen LogP contribution in [0, 0.1) is 17.6 Å². The molecule has 1 aliphatic rings. The molecule has 0 spiro atoms. The minimum absolute atomic E-state index is 0.000813. The molecule has 0 bridgehead atoms. The normalized spacial score (nSPS) is 16.4.